The minimum absolute atomic E-state index is 0.130. The van der Waals surface area contributed by atoms with Crippen molar-refractivity contribution in [2.75, 3.05) is 0 Å². The zero-order chi connectivity index (χ0) is 22.4. The minimum Gasteiger partial charge on any atom is -0.288 e. The first-order valence-electron chi connectivity index (χ1n) is 7.72. The molecular weight excluding hydrogens is 447 g/mol. The predicted octanol–water partition coefficient (Wildman–Crippen LogP) is 4.44. The molecular formula is C15H10F7N5O2S. The van der Waals surface area contributed by atoms with Gasteiger partial charge in [0.2, 0.25) is 0 Å². The van der Waals surface area contributed by atoms with Gasteiger partial charge in [0.25, 0.3) is 5.91 Å². The van der Waals surface area contributed by atoms with Crippen LogP contribution in [0.2, 0.25) is 0 Å². The third-order valence-corrected chi connectivity index (χ3v) is 5.03. The molecule has 0 saturated carbocycles. The van der Waals surface area contributed by atoms with E-state index in [4.69, 9.17) is 5.21 Å². The summed E-state index contributed by atoms with van der Waals surface area (Å²) in [5.41, 5.74) is -0.484. The van der Waals surface area contributed by atoms with E-state index < -0.39 is 61.7 Å². The summed E-state index contributed by atoms with van der Waals surface area (Å²) >= 11 is 0. The van der Waals surface area contributed by atoms with Crippen LogP contribution in [-0.4, -0.2) is 31.3 Å². The maximum atomic E-state index is 14.2. The number of carbonyl (C=O) groups excluding carboxylic acids is 1. The number of hydrogen-bond donors (Lipinski definition) is 2. The van der Waals surface area contributed by atoms with Crippen LogP contribution in [0.5, 0.6) is 0 Å². The normalized spacial score (nSPS) is 14.1. The van der Waals surface area contributed by atoms with Crippen LogP contribution in [0.4, 0.5) is 28.2 Å². The number of hydrogen-bond acceptors (Lipinski definition) is 5. The topological polar surface area (TPSA) is 92.9 Å². The smallest absolute Gasteiger partial charge is 0.288 e. The summed E-state index contributed by atoms with van der Waals surface area (Å²) in [6.07, 6.45) is 0. The Balaban J connectivity index is 2.02. The number of tetrazole rings is 1. The molecule has 7 nitrogen and oxygen atoms in total. The first-order valence-corrected chi connectivity index (χ1v) is 9.68. The average Bonchev–Trinajstić information content (AvgIpc) is 3.10. The van der Waals surface area contributed by atoms with E-state index in [-0.39, 0.29) is 12.1 Å². The molecule has 3 aromatic rings. The summed E-state index contributed by atoms with van der Waals surface area (Å²) in [5, 5.41) is 18.6. The lowest BCUT2D eigenvalue weighted by Crippen LogP contribution is -2.19. The molecule has 0 radical (unpaired) electrons. The Kier molecular flexibility index (Phi) is 4.59. The van der Waals surface area contributed by atoms with Gasteiger partial charge >= 0.3 is 10.2 Å². The van der Waals surface area contributed by atoms with Crippen molar-refractivity contribution in [3.63, 3.8) is 0 Å². The molecule has 1 aromatic heterocycles. The van der Waals surface area contributed by atoms with Crippen molar-refractivity contribution in [3.8, 4) is 11.4 Å². The summed E-state index contributed by atoms with van der Waals surface area (Å²) in [4.78, 5) is 9.09. The maximum absolute atomic E-state index is 14.2. The second kappa shape index (κ2) is 6.40. The maximum Gasteiger partial charge on any atom is 0.310 e. The summed E-state index contributed by atoms with van der Waals surface area (Å²) in [5.74, 6) is -4.13. The zero-order valence-corrected chi connectivity index (χ0v) is 15.2. The molecule has 15 heteroatoms. The van der Waals surface area contributed by atoms with Crippen molar-refractivity contribution >= 4 is 16.1 Å². The molecule has 0 atom stereocenters. The van der Waals surface area contributed by atoms with E-state index in [1.54, 1.807) is 0 Å². The van der Waals surface area contributed by atoms with Crippen molar-refractivity contribution < 1.29 is 38.2 Å². The van der Waals surface area contributed by atoms with Crippen molar-refractivity contribution in [2.45, 2.75) is 11.4 Å². The second-order valence-electron chi connectivity index (χ2n) is 6.02. The van der Waals surface area contributed by atoms with Gasteiger partial charge in [-0.1, -0.05) is 31.6 Å². The quantitative estimate of drug-likeness (QED) is 0.336. The molecule has 1 amide bonds. The molecule has 0 aliphatic carbocycles. The van der Waals surface area contributed by atoms with Gasteiger partial charge in [-0.15, -0.1) is 5.10 Å². The Hall–Kier alpha value is -3.20. The van der Waals surface area contributed by atoms with Gasteiger partial charge in [-0.2, -0.15) is 0 Å². The molecule has 2 aromatic carbocycles. The molecule has 0 fully saturated rings. The second-order valence-corrected chi connectivity index (χ2v) is 8.43. The van der Waals surface area contributed by atoms with E-state index in [1.165, 1.54) is 5.48 Å². The summed E-state index contributed by atoms with van der Waals surface area (Å²) < 4.78 is 94.4. The highest BCUT2D eigenvalue weighted by Gasteiger charge is 2.65. The molecule has 0 unspecified atom stereocenters. The number of halogens is 7. The lowest BCUT2D eigenvalue weighted by atomic mass is 10.1. The minimum atomic E-state index is -9.98. The molecule has 0 aliphatic heterocycles. The van der Waals surface area contributed by atoms with Gasteiger partial charge in [0.1, 0.15) is 16.5 Å². The molecule has 0 spiro atoms. The van der Waals surface area contributed by atoms with E-state index in [0.29, 0.717) is 22.9 Å². The van der Waals surface area contributed by atoms with Gasteiger partial charge in [-0.3, -0.25) is 10.0 Å². The predicted molar refractivity (Wildman–Crippen MR) is 89.4 cm³/mol. The molecule has 3 rings (SSSR count). The van der Waals surface area contributed by atoms with E-state index in [1.807, 2.05) is 0 Å². The van der Waals surface area contributed by atoms with Crippen molar-refractivity contribution in [1.29, 1.82) is 0 Å². The van der Waals surface area contributed by atoms with Gasteiger partial charge in [0, 0.05) is 16.7 Å². The fourth-order valence-corrected chi connectivity index (χ4v) is 3.18. The highest BCUT2D eigenvalue weighted by atomic mass is 32.5. The summed E-state index contributed by atoms with van der Waals surface area (Å²) in [6.45, 7) is -0.734. The van der Waals surface area contributed by atoms with Crippen LogP contribution in [0.3, 0.4) is 0 Å². The van der Waals surface area contributed by atoms with E-state index >= 15 is 0 Å². The van der Waals surface area contributed by atoms with Crippen LogP contribution in [0.25, 0.3) is 11.4 Å². The number of amides is 1. The first-order chi connectivity index (χ1) is 13.7. The highest BCUT2D eigenvalue weighted by Crippen LogP contribution is 3.02. The van der Waals surface area contributed by atoms with Gasteiger partial charge in [-0.05, 0) is 34.7 Å². The number of nitrogens with one attached hydrogen (secondary N) is 1. The number of hydroxylamine groups is 1. The molecule has 0 bridgehead atoms. The van der Waals surface area contributed by atoms with Gasteiger partial charge < -0.3 is 0 Å². The molecule has 0 aliphatic rings. The molecule has 1 heterocycles. The number of benzene rings is 2. The third kappa shape index (κ3) is 4.35. The number of nitrogens with zero attached hydrogens (tertiary/aromatic N) is 4. The van der Waals surface area contributed by atoms with Crippen LogP contribution in [0.1, 0.15) is 15.9 Å². The molecule has 162 valence electrons. The lowest BCUT2D eigenvalue weighted by Gasteiger charge is -2.40. The molecule has 0 saturated heterocycles. The fraction of sp³-hybridized carbons (Fsp3) is 0.0667. The largest absolute Gasteiger partial charge is 0.310 e. The standard InChI is InChI=1S/C15H10F7N5O2S/c16-12-5-9(15(28)24-29)6-13(17)11(12)7-27-14(23-25-26-27)8-2-1-3-10(4-8)30(18,19,20,21)22/h1-6,29H,7H2,(H,24,28). The fourth-order valence-electron chi connectivity index (χ4n) is 2.49. The van der Waals surface area contributed by atoms with E-state index in [2.05, 4.69) is 15.5 Å². The zero-order valence-electron chi connectivity index (χ0n) is 14.4. The monoisotopic (exact) mass is 457 g/mol. The number of rotatable bonds is 5. The Morgan fingerprint density at radius 1 is 1.07 bits per heavy atom. The summed E-state index contributed by atoms with van der Waals surface area (Å²) in [7, 11) is -9.98. The number of carbonyl (C=O) groups is 1. The van der Waals surface area contributed by atoms with Crippen LogP contribution >= 0.6 is 10.2 Å². The molecule has 30 heavy (non-hydrogen) atoms. The summed E-state index contributed by atoms with van der Waals surface area (Å²) in [6, 6.07) is 3.24. The molecule has 2 N–H and O–H groups in total. The van der Waals surface area contributed by atoms with Crippen LogP contribution in [0, 0.1) is 11.6 Å². The van der Waals surface area contributed by atoms with Crippen LogP contribution in [-0.2, 0) is 6.54 Å². The van der Waals surface area contributed by atoms with Crippen LogP contribution < -0.4 is 5.48 Å². The SMILES string of the molecule is O=C(NO)c1cc(F)c(Cn2nnnc2-c2cccc(S(F)(F)(F)(F)F)c2)c(F)c1. The van der Waals surface area contributed by atoms with Gasteiger partial charge in [0.05, 0.1) is 6.54 Å². The Labute approximate surface area is 162 Å². The third-order valence-electron chi connectivity index (χ3n) is 3.88. The van der Waals surface area contributed by atoms with Crippen molar-refractivity contribution in [2.24, 2.45) is 0 Å². The van der Waals surface area contributed by atoms with Crippen molar-refractivity contribution in [3.05, 3.63) is 59.2 Å². The van der Waals surface area contributed by atoms with Gasteiger partial charge in [0.15, 0.2) is 5.82 Å². The highest BCUT2D eigenvalue weighted by molar-refractivity contribution is 8.45. The van der Waals surface area contributed by atoms with Gasteiger partial charge in [-0.25, -0.2) is 18.9 Å². The average molecular weight is 457 g/mol. The Bertz CT molecular complexity index is 1130. The van der Waals surface area contributed by atoms with E-state index in [9.17, 15) is 33.0 Å². The Morgan fingerprint density at radius 2 is 1.70 bits per heavy atom. The number of aromatic nitrogens is 4. The first kappa shape index (κ1) is 21.5. The van der Waals surface area contributed by atoms with Crippen molar-refractivity contribution in [1.82, 2.24) is 25.7 Å². The Morgan fingerprint density at radius 3 is 2.27 bits per heavy atom. The van der Waals surface area contributed by atoms with Crippen LogP contribution in [0.15, 0.2) is 41.3 Å². The lowest BCUT2D eigenvalue weighted by molar-refractivity contribution is 0.0705. The van der Waals surface area contributed by atoms with E-state index in [0.717, 1.165) is 6.07 Å².